The number of benzene rings is 2. The van der Waals surface area contributed by atoms with E-state index >= 15 is 0 Å². The van der Waals surface area contributed by atoms with Gasteiger partial charge in [-0.15, -0.1) is 0 Å². The molecule has 0 bridgehead atoms. The monoisotopic (exact) mass is 375 g/mol. The zero-order chi connectivity index (χ0) is 18.4. The van der Waals surface area contributed by atoms with E-state index in [0.717, 1.165) is 42.3 Å². The topological polar surface area (TPSA) is 35.6 Å². The van der Waals surface area contributed by atoms with Gasteiger partial charge in [0.05, 0.1) is 6.54 Å². The van der Waals surface area contributed by atoms with Crippen LogP contribution in [-0.4, -0.2) is 50.1 Å². The number of halogens is 2. The van der Waals surface area contributed by atoms with Crippen LogP contribution in [0.1, 0.15) is 5.56 Å². The molecule has 0 radical (unpaired) electrons. The first-order valence-electron chi connectivity index (χ1n) is 8.85. The highest BCUT2D eigenvalue weighted by Crippen LogP contribution is 2.17. The molecule has 0 unspecified atom stereocenters. The van der Waals surface area contributed by atoms with Crippen LogP contribution in [0.15, 0.2) is 48.5 Å². The van der Waals surface area contributed by atoms with E-state index in [9.17, 15) is 9.18 Å². The van der Waals surface area contributed by atoms with Crippen molar-refractivity contribution in [3.63, 3.8) is 0 Å². The first-order chi connectivity index (χ1) is 12.6. The fourth-order valence-electron chi connectivity index (χ4n) is 3.10. The third-order valence-corrected chi connectivity index (χ3v) is 4.81. The zero-order valence-corrected chi connectivity index (χ0v) is 15.4. The summed E-state index contributed by atoms with van der Waals surface area (Å²) in [5.74, 6) is -0.110. The van der Waals surface area contributed by atoms with Crippen molar-refractivity contribution in [1.82, 2.24) is 10.2 Å². The lowest BCUT2D eigenvalue weighted by molar-refractivity contribution is -0.130. The summed E-state index contributed by atoms with van der Waals surface area (Å²) in [5.41, 5.74) is 2.16. The van der Waals surface area contributed by atoms with E-state index in [1.165, 1.54) is 12.1 Å². The molecular formula is C20H23ClFN3O. The fraction of sp³-hybridized carbons (Fsp3) is 0.350. The van der Waals surface area contributed by atoms with Crippen LogP contribution in [-0.2, 0) is 11.2 Å². The Labute approximate surface area is 158 Å². The average molecular weight is 376 g/mol. The Kier molecular flexibility index (Phi) is 6.47. The van der Waals surface area contributed by atoms with E-state index < -0.39 is 0 Å². The zero-order valence-electron chi connectivity index (χ0n) is 14.6. The molecule has 0 atom stereocenters. The number of hydrogen-bond acceptors (Lipinski definition) is 3. The Balaban J connectivity index is 1.37. The van der Waals surface area contributed by atoms with Crippen LogP contribution in [0.5, 0.6) is 0 Å². The summed E-state index contributed by atoms with van der Waals surface area (Å²) in [4.78, 5) is 16.4. The van der Waals surface area contributed by atoms with Crippen LogP contribution < -0.4 is 10.2 Å². The number of rotatable bonds is 6. The highest BCUT2D eigenvalue weighted by Gasteiger charge is 2.20. The van der Waals surface area contributed by atoms with Crippen molar-refractivity contribution >= 4 is 23.2 Å². The summed E-state index contributed by atoms with van der Waals surface area (Å²) in [7, 11) is 0. The first-order valence-corrected chi connectivity index (χ1v) is 9.23. The lowest BCUT2D eigenvalue weighted by Gasteiger charge is -2.36. The molecule has 138 valence electrons. The van der Waals surface area contributed by atoms with Gasteiger partial charge in [-0.3, -0.25) is 4.79 Å². The molecule has 0 spiro atoms. The van der Waals surface area contributed by atoms with Gasteiger partial charge in [0.15, 0.2) is 0 Å². The van der Waals surface area contributed by atoms with Gasteiger partial charge in [-0.1, -0.05) is 23.7 Å². The minimum Gasteiger partial charge on any atom is -0.368 e. The van der Waals surface area contributed by atoms with Crippen molar-refractivity contribution in [2.75, 3.05) is 44.2 Å². The highest BCUT2D eigenvalue weighted by atomic mass is 35.5. The quantitative estimate of drug-likeness (QED) is 0.788. The number of hydrogen-bond donors (Lipinski definition) is 1. The van der Waals surface area contributed by atoms with Gasteiger partial charge in [-0.05, 0) is 54.9 Å². The van der Waals surface area contributed by atoms with Gasteiger partial charge in [0.1, 0.15) is 5.82 Å². The second-order valence-electron chi connectivity index (χ2n) is 6.40. The molecule has 4 nitrogen and oxygen atoms in total. The minimum absolute atomic E-state index is 0.120. The lowest BCUT2D eigenvalue weighted by Crippen LogP contribution is -2.51. The Morgan fingerprint density at radius 3 is 2.50 bits per heavy atom. The van der Waals surface area contributed by atoms with Crippen molar-refractivity contribution in [3.8, 4) is 0 Å². The molecule has 1 fully saturated rings. The number of nitrogens with zero attached hydrogens (tertiary/aromatic N) is 2. The number of carbonyl (C=O) groups excluding carboxylic acids is 1. The van der Waals surface area contributed by atoms with Crippen LogP contribution in [0.25, 0.3) is 0 Å². The minimum atomic E-state index is -0.230. The summed E-state index contributed by atoms with van der Waals surface area (Å²) in [5, 5.41) is 3.94. The van der Waals surface area contributed by atoms with Crippen LogP contribution in [0.3, 0.4) is 0 Å². The van der Waals surface area contributed by atoms with Crippen LogP contribution in [0.2, 0.25) is 5.02 Å². The Bertz CT molecular complexity index is 730. The summed E-state index contributed by atoms with van der Waals surface area (Å²) in [6.07, 6.45) is 0.839. The Morgan fingerprint density at radius 1 is 1.08 bits per heavy atom. The van der Waals surface area contributed by atoms with Crippen molar-refractivity contribution in [3.05, 3.63) is 64.9 Å². The summed E-state index contributed by atoms with van der Waals surface area (Å²) in [6, 6.07) is 14.3. The average Bonchev–Trinajstić information content (AvgIpc) is 2.66. The molecule has 26 heavy (non-hydrogen) atoms. The second-order valence-corrected chi connectivity index (χ2v) is 6.84. The molecule has 1 N–H and O–H groups in total. The van der Waals surface area contributed by atoms with Gasteiger partial charge < -0.3 is 15.1 Å². The van der Waals surface area contributed by atoms with Gasteiger partial charge in [0.2, 0.25) is 5.91 Å². The maximum atomic E-state index is 13.0. The summed E-state index contributed by atoms with van der Waals surface area (Å²) >= 11 is 5.97. The molecule has 1 aliphatic rings. The van der Waals surface area contributed by atoms with Crippen molar-refractivity contribution in [1.29, 1.82) is 0 Å². The Hall–Kier alpha value is -2.11. The maximum Gasteiger partial charge on any atom is 0.236 e. The third-order valence-electron chi connectivity index (χ3n) is 4.58. The second kappa shape index (κ2) is 9.01. The molecule has 2 aromatic carbocycles. The van der Waals surface area contributed by atoms with E-state index in [4.69, 9.17) is 11.6 Å². The lowest BCUT2D eigenvalue weighted by atomic mass is 10.1. The van der Waals surface area contributed by atoms with Gasteiger partial charge in [0, 0.05) is 36.9 Å². The van der Waals surface area contributed by atoms with Crippen LogP contribution in [0.4, 0.5) is 10.1 Å². The predicted molar refractivity (Wildman–Crippen MR) is 103 cm³/mol. The standard InChI is InChI=1S/C20H23ClFN3O/c21-17-3-1-2-16(14-17)8-9-23-15-20(26)25-12-10-24(11-13-25)19-6-4-18(22)5-7-19/h1-7,14,23H,8-13,15H2. The smallest absolute Gasteiger partial charge is 0.236 e. The summed E-state index contributed by atoms with van der Waals surface area (Å²) < 4.78 is 13.0. The molecule has 0 saturated carbocycles. The predicted octanol–water partition coefficient (Wildman–Crippen LogP) is 2.96. The number of piperazine rings is 1. The van der Waals surface area contributed by atoms with E-state index in [1.807, 2.05) is 29.2 Å². The molecule has 1 aliphatic heterocycles. The van der Waals surface area contributed by atoms with Gasteiger partial charge in [0.25, 0.3) is 0 Å². The molecule has 2 aromatic rings. The molecule has 1 amide bonds. The molecule has 3 rings (SSSR count). The van der Waals surface area contributed by atoms with Crippen LogP contribution in [0, 0.1) is 5.82 Å². The first kappa shape index (κ1) is 18.7. The van der Waals surface area contributed by atoms with E-state index in [2.05, 4.69) is 10.2 Å². The molecule has 1 heterocycles. The molecular weight excluding hydrogens is 353 g/mol. The van der Waals surface area contributed by atoms with Crippen molar-refractivity contribution in [2.24, 2.45) is 0 Å². The van der Waals surface area contributed by atoms with Gasteiger partial charge >= 0.3 is 0 Å². The van der Waals surface area contributed by atoms with Crippen molar-refractivity contribution in [2.45, 2.75) is 6.42 Å². The molecule has 6 heteroatoms. The Morgan fingerprint density at radius 2 is 1.81 bits per heavy atom. The maximum absolute atomic E-state index is 13.0. The molecule has 0 aliphatic carbocycles. The third kappa shape index (κ3) is 5.19. The van der Waals surface area contributed by atoms with Gasteiger partial charge in [-0.2, -0.15) is 0 Å². The number of nitrogens with one attached hydrogen (secondary N) is 1. The highest BCUT2D eigenvalue weighted by molar-refractivity contribution is 6.30. The number of carbonyl (C=O) groups is 1. The van der Waals surface area contributed by atoms with E-state index in [1.54, 1.807) is 12.1 Å². The fourth-order valence-corrected chi connectivity index (χ4v) is 3.31. The molecule has 1 saturated heterocycles. The largest absolute Gasteiger partial charge is 0.368 e. The number of amides is 1. The van der Waals surface area contributed by atoms with E-state index in [-0.39, 0.29) is 11.7 Å². The normalized spacial score (nSPS) is 14.5. The SMILES string of the molecule is O=C(CNCCc1cccc(Cl)c1)N1CCN(c2ccc(F)cc2)CC1. The number of anilines is 1. The van der Waals surface area contributed by atoms with Crippen LogP contribution >= 0.6 is 11.6 Å². The van der Waals surface area contributed by atoms with Gasteiger partial charge in [-0.25, -0.2) is 4.39 Å². The summed E-state index contributed by atoms with van der Waals surface area (Å²) in [6.45, 7) is 3.98. The molecule has 0 aromatic heterocycles. The van der Waals surface area contributed by atoms with E-state index in [0.29, 0.717) is 19.6 Å². The van der Waals surface area contributed by atoms with Crippen molar-refractivity contribution < 1.29 is 9.18 Å².